The van der Waals surface area contributed by atoms with Crippen molar-refractivity contribution in [1.29, 1.82) is 0 Å². The van der Waals surface area contributed by atoms with Gasteiger partial charge in [-0.25, -0.2) is 9.59 Å². The van der Waals surface area contributed by atoms with E-state index in [1.54, 1.807) is 56.5 Å². The molecule has 1 N–H and O–H groups in total. The number of rotatable bonds is 9. The van der Waals surface area contributed by atoms with Crippen molar-refractivity contribution in [3.05, 3.63) is 59.7 Å². The molecule has 0 aromatic heterocycles. The molecule has 0 amide bonds. The molecule has 0 heterocycles. The zero-order chi connectivity index (χ0) is 20.4. The Morgan fingerprint density at radius 1 is 0.964 bits per heavy atom. The summed E-state index contributed by atoms with van der Waals surface area (Å²) in [4.78, 5) is 27.7. The molecule has 0 aliphatic heterocycles. The minimum Gasteiger partial charge on any atom is -0.462 e. The zero-order valence-electron chi connectivity index (χ0n) is 15.9. The number of anilines is 1. The molecule has 1 unspecified atom stereocenters. The van der Waals surface area contributed by atoms with Crippen molar-refractivity contribution >= 4 is 45.5 Å². The van der Waals surface area contributed by atoms with Gasteiger partial charge in [0.2, 0.25) is 0 Å². The second kappa shape index (κ2) is 11.2. The van der Waals surface area contributed by atoms with Gasteiger partial charge in [-0.1, -0.05) is 15.9 Å². The van der Waals surface area contributed by atoms with E-state index in [1.165, 1.54) is 0 Å². The molecule has 2 rings (SSSR count). The summed E-state index contributed by atoms with van der Waals surface area (Å²) in [7, 11) is 0. The molecule has 2 aromatic rings. The number of esters is 2. The maximum absolute atomic E-state index is 11.6. The first kappa shape index (κ1) is 21.6. The molecule has 148 valence electrons. The summed E-state index contributed by atoms with van der Waals surface area (Å²) in [5, 5.41) is 3.27. The van der Waals surface area contributed by atoms with Crippen LogP contribution in [0.1, 0.15) is 34.6 Å². The van der Waals surface area contributed by atoms with Crippen molar-refractivity contribution in [2.75, 3.05) is 25.1 Å². The molecule has 28 heavy (non-hydrogen) atoms. The lowest BCUT2D eigenvalue weighted by Crippen LogP contribution is -2.15. The van der Waals surface area contributed by atoms with Gasteiger partial charge in [0, 0.05) is 18.4 Å². The predicted molar refractivity (Wildman–Crippen MR) is 114 cm³/mol. The molecule has 1 atom stereocenters. The van der Waals surface area contributed by atoms with Gasteiger partial charge in [0.15, 0.2) is 0 Å². The van der Waals surface area contributed by atoms with Crippen molar-refractivity contribution in [2.24, 2.45) is 4.99 Å². The van der Waals surface area contributed by atoms with Crippen LogP contribution in [0.2, 0.25) is 0 Å². The van der Waals surface area contributed by atoms with Crippen molar-refractivity contribution in [3.63, 3.8) is 0 Å². The molecule has 0 aliphatic rings. The fraction of sp³-hybridized carbons (Fsp3) is 0.286. The zero-order valence-corrected chi connectivity index (χ0v) is 17.4. The smallest absolute Gasteiger partial charge is 0.338 e. The highest BCUT2D eigenvalue weighted by Gasteiger charge is 2.07. The largest absolute Gasteiger partial charge is 0.462 e. The van der Waals surface area contributed by atoms with E-state index in [0.717, 1.165) is 11.4 Å². The Labute approximate surface area is 173 Å². The van der Waals surface area contributed by atoms with Gasteiger partial charge in [0.05, 0.1) is 34.9 Å². The SMILES string of the molecule is CCOC(=O)c1ccc(N=CC(Br)CNc2ccc(C(=O)OCC)cc2)cc1. The third-order valence-corrected chi connectivity index (χ3v) is 4.22. The molecule has 0 fully saturated rings. The van der Waals surface area contributed by atoms with Crippen molar-refractivity contribution in [3.8, 4) is 0 Å². The molecule has 0 radical (unpaired) electrons. The number of halogens is 1. The van der Waals surface area contributed by atoms with Gasteiger partial charge in [-0.2, -0.15) is 0 Å². The predicted octanol–water partition coefficient (Wildman–Crippen LogP) is 4.62. The van der Waals surface area contributed by atoms with E-state index in [9.17, 15) is 9.59 Å². The van der Waals surface area contributed by atoms with Gasteiger partial charge >= 0.3 is 11.9 Å². The summed E-state index contributed by atoms with van der Waals surface area (Å²) in [6, 6.07) is 14.0. The summed E-state index contributed by atoms with van der Waals surface area (Å²) in [5.41, 5.74) is 2.67. The topological polar surface area (TPSA) is 77.0 Å². The number of carbonyl (C=O) groups excluding carboxylic acids is 2. The van der Waals surface area contributed by atoms with Crippen molar-refractivity contribution in [1.82, 2.24) is 0 Å². The molecular weight excluding hydrogens is 424 g/mol. The Balaban J connectivity index is 1.84. The summed E-state index contributed by atoms with van der Waals surface area (Å²) < 4.78 is 9.92. The number of aliphatic imine (C=N–C) groups is 1. The number of ether oxygens (including phenoxy) is 2. The molecule has 0 bridgehead atoms. The number of hydrogen-bond donors (Lipinski definition) is 1. The Kier molecular flexibility index (Phi) is 8.68. The Bertz CT molecular complexity index is 804. The highest BCUT2D eigenvalue weighted by molar-refractivity contribution is 9.10. The van der Waals surface area contributed by atoms with Crippen LogP contribution in [0.5, 0.6) is 0 Å². The van der Waals surface area contributed by atoms with Gasteiger partial charge in [-0.05, 0) is 62.4 Å². The minimum atomic E-state index is -0.338. The number of carbonyl (C=O) groups is 2. The Morgan fingerprint density at radius 2 is 1.46 bits per heavy atom. The highest BCUT2D eigenvalue weighted by Crippen LogP contribution is 2.15. The summed E-state index contributed by atoms with van der Waals surface area (Å²) >= 11 is 3.55. The van der Waals surface area contributed by atoms with Crippen LogP contribution in [0.3, 0.4) is 0 Å². The van der Waals surface area contributed by atoms with Crippen LogP contribution in [0, 0.1) is 0 Å². The first-order valence-electron chi connectivity index (χ1n) is 9.00. The first-order valence-corrected chi connectivity index (χ1v) is 9.91. The number of nitrogens with one attached hydrogen (secondary N) is 1. The van der Waals surface area contributed by atoms with Crippen LogP contribution in [0.25, 0.3) is 0 Å². The lowest BCUT2D eigenvalue weighted by atomic mass is 10.2. The van der Waals surface area contributed by atoms with E-state index in [0.29, 0.717) is 30.9 Å². The van der Waals surface area contributed by atoms with E-state index in [2.05, 4.69) is 26.2 Å². The standard InChI is InChI=1S/C21H23BrN2O4/c1-3-27-20(25)15-5-9-18(10-6-15)23-13-17(22)14-24-19-11-7-16(8-12-19)21(26)28-4-2/h5-13,17,24H,3-4,14H2,1-2H3. The summed E-state index contributed by atoms with van der Waals surface area (Å²) in [5.74, 6) is -0.664. The van der Waals surface area contributed by atoms with Crippen LogP contribution >= 0.6 is 15.9 Å². The molecular formula is C21H23BrN2O4. The van der Waals surface area contributed by atoms with Crippen molar-refractivity contribution < 1.29 is 19.1 Å². The second-order valence-electron chi connectivity index (χ2n) is 5.74. The van der Waals surface area contributed by atoms with Crippen LogP contribution < -0.4 is 5.32 Å². The normalized spacial score (nSPS) is 11.8. The second-order valence-corrected chi connectivity index (χ2v) is 6.92. The van der Waals surface area contributed by atoms with Gasteiger partial charge < -0.3 is 14.8 Å². The number of hydrogen-bond acceptors (Lipinski definition) is 6. The third kappa shape index (κ3) is 6.81. The van der Waals surface area contributed by atoms with E-state index in [-0.39, 0.29) is 16.8 Å². The fourth-order valence-corrected chi connectivity index (χ4v) is 2.55. The maximum Gasteiger partial charge on any atom is 0.338 e. The van der Waals surface area contributed by atoms with E-state index in [4.69, 9.17) is 9.47 Å². The maximum atomic E-state index is 11.6. The van der Waals surface area contributed by atoms with E-state index < -0.39 is 0 Å². The first-order chi connectivity index (χ1) is 13.5. The van der Waals surface area contributed by atoms with Gasteiger partial charge in [-0.15, -0.1) is 0 Å². The van der Waals surface area contributed by atoms with E-state index in [1.807, 2.05) is 12.1 Å². The molecule has 0 spiro atoms. The summed E-state index contributed by atoms with van der Waals surface area (Å²) in [6.07, 6.45) is 1.78. The lowest BCUT2D eigenvalue weighted by molar-refractivity contribution is 0.0517. The number of nitrogens with zero attached hydrogens (tertiary/aromatic N) is 1. The Hall–Kier alpha value is -2.67. The monoisotopic (exact) mass is 446 g/mol. The molecule has 7 heteroatoms. The van der Waals surface area contributed by atoms with Crippen LogP contribution in [-0.4, -0.2) is 42.7 Å². The Morgan fingerprint density at radius 3 is 1.96 bits per heavy atom. The molecule has 0 saturated carbocycles. The van der Waals surface area contributed by atoms with Gasteiger partial charge in [0.25, 0.3) is 0 Å². The number of benzene rings is 2. The lowest BCUT2D eigenvalue weighted by Gasteiger charge is -2.09. The highest BCUT2D eigenvalue weighted by atomic mass is 79.9. The average molecular weight is 447 g/mol. The number of alkyl halides is 1. The van der Waals surface area contributed by atoms with Gasteiger partial charge in [0.1, 0.15) is 0 Å². The van der Waals surface area contributed by atoms with Crippen LogP contribution in [0.15, 0.2) is 53.5 Å². The van der Waals surface area contributed by atoms with Crippen molar-refractivity contribution in [2.45, 2.75) is 18.7 Å². The quantitative estimate of drug-likeness (QED) is 0.345. The molecule has 0 aliphatic carbocycles. The average Bonchev–Trinajstić information content (AvgIpc) is 2.72. The third-order valence-electron chi connectivity index (χ3n) is 3.66. The molecule has 2 aromatic carbocycles. The molecule has 6 nitrogen and oxygen atoms in total. The van der Waals surface area contributed by atoms with Crippen LogP contribution in [-0.2, 0) is 9.47 Å². The van der Waals surface area contributed by atoms with Gasteiger partial charge in [-0.3, -0.25) is 4.99 Å². The van der Waals surface area contributed by atoms with Crippen LogP contribution in [0.4, 0.5) is 11.4 Å². The molecule has 0 saturated heterocycles. The van der Waals surface area contributed by atoms with E-state index >= 15 is 0 Å². The minimum absolute atomic E-state index is 0.00182. The summed E-state index contributed by atoms with van der Waals surface area (Å²) in [6.45, 7) is 4.87. The fourth-order valence-electron chi connectivity index (χ4n) is 2.27.